The molecular formula is C13H21BrN2S. The summed E-state index contributed by atoms with van der Waals surface area (Å²) in [6, 6.07) is 5.70. The lowest BCUT2D eigenvalue weighted by atomic mass is 10.2. The van der Waals surface area contributed by atoms with Gasteiger partial charge in [-0.1, -0.05) is 13.8 Å². The third kappa shape index (κ3) is 4.05. The van der Waals surface area contributed by atoms with E-state index in [1.807, 2.05) is 11.3 Å². The fraction of sp³-hybridized carbons (Fsp3) is 0.692. The molecule has 0 saturated carbocycles. The molecular weight excluding hydrogens is 296 g/mol. The molecule has 0 bridgehead atoms. The Labute approximate surface area is 117 Å². The average Bonchev–Trinajstić information content (AvgIpc) is 2.86. The van der Waals surface area contributed by atoms with E-state index in [1.165, 1.54) is 28.0 Å². The van der Waals surface area contributed by atoms with Gasteiger partial charge in [0.25, 0.3) is 0 Å². The van der Waals surface area contributed by atoms with Crippen LogP contribution < -0.4 is 5.32 Å². The van der Waals surface area contributed by atoms with Crippen molar-refractivity contribution in [1.82, 2.24) is 10.2 Å². The van der Waals surface area contributed by atoms with E-state index in [0.717, 1.165) is 19.1 Å². The molecule has 0 amide bonds. The topological polar surface area (TPSA) is 15.3 Å². The smallest absolute Gasteiger partial charge is 0.0701 e. The van der Waals surface area contributed by atoms with Gasteiger partial charge in [-0.15, -0.1) is 11.3 Å². The van der Waals surface area contributed by atoms with Crippen molar-refractivity contribution in [3.8, 4) is 0 Å². The van der Waals surface area contributed by atoms with Gasteiger partial charge in [-0.25, -0.2) is 0 Å². The van der Waals surface area contributed by atoms with Crippen LogP contribution in [0.4, 0.5) is 0 Å². The Bertz CT molecular complexity index is 351. The zero-order valence-electron chi connectivity index (χ0n) is 10.6. The second kappa shape index (κ2) is 6.32. The minimum absolute atomic E-state index is 0.591. The molecule has 1 aromatic rings. The van der Waals surface area contributed by atoms with E-state index in [2.05, 4.69) is 52.1 Å². The van der Waals surface area contributed by atoms with Crippen molar-refractivity contribution in [1.29, 1.82) is 0 Å². The Kier molecular flexibility index (Phi) is 5.03. The Hall–Kier alpha value is 0.1000. The number of hydrogen-bond donors (Lipinski definition) is 1. The minimum atomic E-state index is 0.591. The first kappa shape index (κ1) is 13.5. The van der Waals surface area contributed by atoms with Crippen LogP contribution in [0, 0.1) is 0 Å². The Morgan fingerprint density at radius 3 is 3.00 bits per heavy atom. The molecule has 2 nitrogen and oxygen atoms in total. The molecule has 4 heteroatoms. The van der Waals surface area contributed by atoms with Crippen LogP contribution in [0.1, 0.15) is 31.6 Å². The van der Waals surface area contributed by atoms with Crippen LogP contribution in [-0.2, 0) is 6.54 Å². The fourth-order valence-electron chi connectivity index (χ4n) is 2.34. The second-order valence-corrected chi connectivity index (χ2v) is 7.58. The van der Waals surface area contributed by atoms with E-state index in [0.29, 0.717) is 6.04 Å². The highest BCUT2D eigenvalue weighted by atomic mass is 79.9. The lowest BCUT2D eigenvalue weighted by Crippen LogP contribution is -2.39. The molecule has 17 heavy (non-hydrogen) atoms. The van der Waals surface area contributed by atoms with Crippen molar-refractivity contribution >= 4 is 27.3 Å². The highest BCUT2D eigenvalue weighted by Crippen LogP contribution is 2.26. The summed E-state index contributed by atoms with van der Waals surface area (Å²) >= 11 is 5.39. The quantitative estimate of drug-likeness (QED) is 0.894. The van der Waals surface area contributed by atoms with Crippen LogP contribution in [0.5, 0.6) is 0 Å². The molecule has 0 aliphatic carbocycles. The lowest BCUT2D eigenvalue weighted by Gasteiger charge is -2.25. The van der Waals surface area contributed by atoms with Crippen LogP contribution in [0.25, 0.3) is 0 Å². The summed E-state index contributed by atoms with van der Waals surface area (Å²) in [4.78, 5) is 4.08. The number of nitrogens with one attached hydrogen (secondary N) is 1. The third-order valence-corrected chi connectivity index (χ3v) is 4.86. The van der Waals surface area contributed by atoms with Gasteiger partial charge in [-0.2, -0.15) is 0 Å². The van der Waals surface area contributed by atoms with Gasteiger partial charge < -0.3 is 5.32 Å². The van der Waals surface area contributed by atoms with Gasteiger partial charge in [-0.3, -0.25) is 4.90 Å². The van der Waals surface area contributed by atoms with Crippen LogP contribution in [0.2, 0.25) is 0 Å². The van der Waals surface area contributed by atoms with Gasteiger partial charge in [0, 0.05) is 30.1 Å². The average molecular weight is 317 g/mol. The van der Waals surface area contributed by atoms with E-state index in [9.17, 15) is 0 Å². The molecule has 1 aliphatic rings. The number of nitrogens with zero attached hydrogens (tertiary/aromatic N) is 1. The summed E-state index contributed by atoms with van der Waals surface area (Å²) in [7, 11) is 0. The SMILES string of the molecule is CC(C)NCC1CCCN1Cc1ccc(Br)s1. The van der Waals surface area contributed by atoms with Gasteiger partial charge in [0.15, 0.2) is 0 Å². The number of rotatable bonds is 5. The van der Waals surface area contributed by atoms with Gasteiger partial charge in [0.1, 0.15) is 0 Å². The van der Waals surface area contributed by atoms with Crippen molar-refractivity contribution < 1.29 is 0 Å². The zero-order chi connectivity index (χ0) is 12.3. The van der Waals surface area contributed by atoms with Crippen molar-refractivity contribution in [2.75, 3.05) is 13.1 Å². The molecule has 2 rings (SSSR count). The largest absolute Gasteiger partial charge is 0.313 e. The predicted molar refractivity (Wildman–Crippen MR) is 78.6 cm³/mol. The zero-order valence-corrected chi connectivity index (χ0v) is 13.0. The predicted octanol–water partition coefficient (Wildman–Crippen LogP) is 3.47. The summed E-state index contributed by atoms with van der Waals surface area (Å²) in [5.41, 5.74) is 0. The van der Waals surface area contributed by atoms with Gasteiger partial charge >= 0.3 is 0 Å². The number of hydrogen-bond acceptors (Lipinski definition) is 3. The second-order valence-electron chi connectivity index (χ2n) is 5.04. The van der Waals surface area contributed by atoms with E-state index >= 15 is 0 Å². The summed E-state index contributed by atoms with van der Waals surface area (Å²) in [6.45, 7) is 7.93. The summed E-state index contributed by atoms with van der Waals surface area (Å²) in [5.74, 6) is 0. The molecule has 1 aromatic heterocycles. The molecule has 1 fully saturated rings. The van der Waals surface area contributed by atoms with Crippen LogP contribution in [0.3, 0.4) is 0 Å². The third-order valence-electron chi connectivity index (χ3n) is 3.25. The summed E-state index contributed by atoms with van der Waals surface area (Å²) in [6.07, 6.45) is 2.68. The molecule has 0 radical (unpaired) electrons. The fourth-order valence-corrected chi connectivity index (χ4v) is 3.85. The molecule has 1 atom stereocenters. The van der Waals surface area contributed by atoms with Gasteiger partial charge in [0.05, 0.1) is 3.79 Å². The Morgan fingerprint density at radius 1 is 1.53 bits per heavy atom. The normalized spacial score (nSPS) is 21.5. The van der Waals surface area contributed by atoms with Crippen molar-refractivity contribution in [2.45, 2.75) is 45.3 Å². The molecule has 1 unspecified atom stereocenters. The van der Waals surface area contributed by atoms with E-state index in [1.54, 1.807) is 0 Å². The van der Waals surface area contributed by atoms with Crippen LogP contribution in [0.15, 0.2) is 15.9 Å². The van der Waals surface area contributed by atoms with Crippen molar-refractivity contribution in [3.05, 3.63) is 20.8 Å². The first-order chi connectivity index (χ1) is 8.15. The maximum atomic E-state index is 3.56. The van der Waals surface area contributed by atoms with Crippen molar-refractivity contribution in [2.24, 2.45) is 0 Å². The maximum Gasteiger partial charge on any atom is 0.0701 e. The van der Waals surface area contributed by atoms with Crippen molar-refractivity contribution in [3.63, 3.8) is 0 Å². The molecule has 1 saturated heterocycles. The number of halogens is 1. The number of thiophene rings is 1. The van der Waals surface area contributed by atoms with Crippen LogP contribution >= 0.6 is 27.3 Å². The van der Waals surface area contributed by atoms with E-state index < -0.39 is 0 Å². The summed E-state index contributed by atoms with van der Waals surface area (Å²) < 4.78 is 1.24. The Balaban J connectivity index is 1.86. The van der Waals surface area contributed by atoms with E-state index in [4.69, 9.17) is 0 Å². The monoisotopic (exact) mass is 316 g/mol. The molecule has 1 aliphatic heterocycles. The molecule has 96 valence electrons. The van der Waals surface area contributed by atoms with Crippen LogP contribution in [-0.4, -0.2) is 30.1 Å². The molecule has 1 N–H and O–H groups in total. The first-order valence-electron chi connectivity index (χ1n) is 6.37. The highest BCUT2D eigenvalue weighted by molar-refractivity contribution is 9.11. The summed E-state index contributed by atoms with van der Waals surface area (Å²) in [5, 5.41) is 3.56. The number of likely N-dealkylation sites (tertiary alicyclic amines) is 1. The first-order valence-corrected chi connectivity index (χ1v) is 7.98. The standard InChI is InChI=1S/C13H21BrN2S/c1-10(2)15-8-11-4-3-7-16(11)9-12-5-6-13(14)17-12/h5-6,10-11,15H,3-4,7-9H2,1-2H3. The van der Waals surface area contributed by atoms with Gasteiger partial charge in [-0.05, 0) is 47.4 Å². The lowest BCUT2D eigenvalue weighted by molar-refractivity contribution is 0.238. The molecule has 0 spiro atoms. The molecule has 2 heterocycles. The Morgan fingerprint density at radius 2 is 2.35 bits per heavy atom. The molecule has 0 aromatic carbocycles. The highest BCUT2D eigenvalue weighted by Gasteiger charge is 2.24. The van der Waals surface area contributed by atoms with Gasteiger partial charge in [0.2, 0.25) is 0 Å². The van der Waals surface area contributed by atoms with E-state index in [-0.39, 0.29) is 0 Å². The maximum absolute atomic E-state index is 3.56. The minimum Gasteiger partial charge on any atom is -0.313 e.